The first-order valence-corrected chi connectivity index (χ1v) is 4.36. The zero-order valence-corrected chi connectivity index (χ0v) is 8.30. The molecule has 0 saturated heterocycles. The Labute approximate surface area is 79.9 Å². The van der Waals surface area contributed by atoms with Gasteiger partial charge in [-0.25, -0.2) is 0 Å². The molecule has 1 heteroatoms. The van der Waals surface area contributed by atoms with E-state index in [1.807, 2.05) is 32.2 Å². The maximum absolute atomic E-state index is 4.21. The van der Waals surface area contributed by atoms with Gasteiger partial charge in [-0.3, -0.25) is 4.99 Å². The Hall–Kier alpha value is -1.37. The van der Waals surface area contributed by atoms with Gasteiger partial charge in [-0.2, -0.15) is 0 Å². The lowest BCUT2D eigenvalue weighted by atomic mass is 10.0. The van der Waals surface area contributed by atoms with Crippen LogP contribution in [0.5, 0.6) is 0 Å². The second-order valence-corrected chi connectivity index (χ2v) is 3.31. The SMILES string of the molecule is C=C/C(C)=C/C(=C)C1=CN=C(C)C1. The molecule has 0 atom stereocenters. The van der Waals surface area contributed by atoms with Crippen LogP contribution in [0, 0.1) is 0 Å². The van der Waals surface area contributed by atoms with E-state index in [0.717, 1.165) is 23.3 Å². The topological polar surface area (TPSA) is 12.4 Å². The summed E-state index contributed by atoms with van der Waals surface area (Å²) in [6.07, 6.45) is 6.69. The number of rotatable bonds is 3. The molecule has 0 N–H and O–H groups in total. The molecule has 1 aliphatic heterocycles. The molecule has 0 amide bonds. The van der Waals surface area contributed by atoms with Gasteiger partial charge in [0.15, 0.2) is 0 Å². The Morgan fingerprint density at radius 1 is 1.62 bits per heavy atom. The highest BCUT2D eigenvalue weighted by Crippen LogP contribution is 2.20. The summed E-state index contributed by atoms with van der Waals surface area (Å²) in [5, 5.41) is 0. The molecule has 1 rings (SSSR count). The summed E-state index contributed by atoms with van der Waals surface area (Å²) in [6.45, 7) is 11.7. The molecule has 0 aliphatic carbocycles. The minimum atomic E-state index is 0.930. The van der Waals surface area contributed by atoms with Crippen LogP contribution in [0.1, 0.15) is 20.3 Å². The van der Waals surface area contributed by atoms with Crippen molar-refractivity contribution in [3.8, 4) is 0 Å². The molecule has 0 unspecified atom stereocenters. The molecule has 0 radical (unpaired) electrons. The van der Waals surface area contributed by atoms with Gasteiger partial charge in [0, 0.05) is 18.3 Å². The molecule has 68 valence electrons. The van der Waals surface area contributed by atoms with E-state index >= 15 is 0 Å². The van der Waals surface area contributed by atoms with Crippen LogP contribution in [-0.2, 0) is 0 Å². The molecular formula is C12H15N. The number of nitrogens with zero attached hydrogens (tertiary/aromatic N) is 1. The molecule has 13 heavy (non-hydrogen) atoms. The molecule has 0 saturated carbocycles. The fourth-order valence-electron chi connectivity index (χ4n) is 1.18. The Morgan fingerprint density at radius 3 is 2.77 bits per heavy atom. The predicted octanol–water partition coefficient (Wildman–Crippen LogP) is 3.42. The standard InChI is InChI=1S/C12H15N/c1-5-9(2)6-10(3)12-7-11(4)13-8-12/h5-6,8H,1,3,7H2,2,4H3/b9-6+. The molecule has 1 nitrogen and oxygen atoms in total. The fraction of sp³-hybridized carbons (Fsp3) is 0.250. The molecule has 0 bridgehead atoms. The first-order chi connectivity index (χ1) is 6.13. The number of hydrogen-bond acceptors (Lipinski definition) is 1. The van der Waals surface area contributed by atoms with Crippen LogP contribution in [0.4, 0.5) is 0 Å². The molecule has 0 aromatic rings. The van der Waals surface area contributed by atoms with Crippen molar-refractivity contribution in [3.63, 3.8) is 0 Å². The summed E-state index contributed by atoms with van der Waals surface area (Å²) in [5.41, 5.74) is 4.54. The molecule has 0 aromatic carbocycles. The van der Waals surface area contributed by atoms with Crippen molar-refractivity contribution in [3.05, 3.63) is 48.2 Å². The average molecular weight is 173 g/mol. The van der Waals surface area contributed by atoms with Crippen LogP contribution >= 0.6 is 0 Å². The number of aliphatic imine (C=N–C) groups is 1. The van der Waals surface area contributed by atoms with Gasteiger partial charge < -0.3 is 0 Å². The summed E-state index contributed by atoms with van der Waals surface area (Å²) in [5.74, 6) is 0. The van der Waals surface area contributed by atoms with Crippen LogP contribution in [-0.4, -0.2) is 5.71 Å². The zero-order chi connectivity index (χ0) is 9.84. The maximum Gasteiger partial charge on any atom is 0.0308 e. The molecule has 0 aromatic heterocycles. The highest BCUT2D eigenvalue weighted by Gasteiger charge is 2.07. The van der Waals surface area contributed by atoms with E-state index in [9.17, 15) is 0 Å². The number of hydrogen-bond donors (Lipinski definition) is 0. The highest BCUT2D eigenvalue weighted by atomic mass is 14.7. The summed E-state index contributed by atoms with van der Waals surface area (Å²) in [4.78, 5) is 4.21. The largest absolute Gasteiger partial charge is 0.265 e. The van der Waals surface area contributed by atoms with E-state index in [4.69, 9.17) is 0 Å². The monoisotopic (exact) mass is 173 g/mol. The van der Waals surface area contributed by atoms with Crippen molar-refractivity contribution < 1.29 is 0 Å². The molecule has 0 fully saturated rings. The van der Waals surface area contributed by atoms with Crippen LogP contribution in [0.3, 0.4) is 0 Å². The summed E-state index contributed by atoms with van der Waals surface area (Å²) in [6, 6.07) is 0. The third kappa shape index (κ3) is 2.55. The lowest BCUT2D eigenvalue weighted by molar-refractivity contribution is 1.32. The fourth-order valence-corrected chi connectivity index (χ4v) is 1.18. The quantitative estimate of drug-likeness (QED) is 0.580. The second kappa shape index (κ2) is 4.04. The third-order valence-electron chi connectivity index (χ3n) is 2.02. The van der Waals surface area contributed by atoms with Crippen molar-refractivity contribution in [2.24, 2.45) is 4.99 Å². The van der Waals surface area contributed by atoms with Crippen molar-refractivity contribution in [2.75, 3.05) is 0 Å². The normalized spacial score (nSPS) is 16.6. The van der Waals surface area contributed by atoms with E-state index in [0.29, 0.717) is 0 Å². The smallest absolute Gasteiger partial charge is 0.0308 e. The minimum Gasteiger partial charge on any atom is -0.265 e. The van der Waals surface area contributed by atoms with E-state index in [-0.39, 0.29) is 0 Å². The maximum atomic E-state index is 4.21. The van der Waals surface area contributed by atoms with Gasteiger partial charge in [-0.05, 0) is 25.0 Å². The first-order valence-electron chi connectivity index (χ1n) is 4.36. The van der Waals surface area contributed by atoms with Crippen LogP contribution in [0.15, 0.2) is 53.2 Å². The number of allylic oxidation sites excluding steroid dienone is 5. The van der Waals surface area contributed by atoms with Gasteiger partial charge in [0.05, 0.1) is 0 Å². The lowest BCUT2D eigenvalue weighted by Gasteiger charge is -2.01. The van der Waals surface area contributed by atoms with Crippen molar-refractivity contribution >= 4 is 5.71 Å². The van der Waals surface area contributed by atoms with Gasteiger partial charge in [-0.15, -0.1) is 0 Å². The second-order valence-electron chi connectivity index (χ2n) is 3.31. The highest BCUT2D eigenvalue weighted by molar-refractivity contribution is 5.88. The van der Waals surface area contributed by atoms with Crippen LogP contribution in [0.2, 0.25) is 0 Å². The van der Waals surface area contributed by atoms with E-state index < -0.39 is 0 Å². The van der Waals surface area contributed by atoms with Gasteiger partial charge in [0.2, 0.25) is 0 Å². The minimum absolute atomic E-state index is 0.930. The van der Waals surface area contributed by atoms with E-state index in [1.165, 1.54) is 5.57 Å². The Bertz CT molecular complexity index is 327. The third-order valence-corrected chi connectivity index (χ3v) is 2.02. The summed E-state index contributed by atoms with van der Waals surface area (Å²) < 4.78 is 0. The molecule has 1 heterocycles. The Balaban J connectivity index is 2.67. The van der Waals surface area contributed by atoms with Crippen LogP contribution in [0.25, 0.3) is 0 Å². The lowest BCUT2D eigenvalue weighted by Crippen LogP contribution is -1.89. The van der Waals surface area contributed by atoms with Gasteiger partial charge >= 0.3 is 0 Å². The predicted molar refractivity (Wildman–Crippen MR) is 58.9 cm³/mol. The molecule has 0 spiro atoms. The van der Waals surface area contributed by atoms with E-state index in [1.54, 1.807) is 0 Å². The zero-order valence-electron chi connectivity index (χ0n) is 8.30. The van der Waals surface area contributed by atoms with Gasteiger partial charge in [-0.1, -0.05) is 30.9 Å². The van der Waals surface area contributed by atoms with Gasteiger partial charge in [0.1, 0.15) is 0 Å². The summed E-state index contributed by atoms with van der Waals surface area (Å²) >= 11 is 0. The van der Waals surface area contributed by atoms with E-state index in [2.05, 4.69) is 18.2 Å². The van der Waals surface area contributed by atoms with Crippen LogP contribution < -0.4 is 0 Å². The first kappa shape index (κ1) is 9.72. The van der Waals surface area contributed by atoms with Gasteiger partial charge in [0.25, 0.3) is 0 Å². The molecule has 1 aliphatic rings. The van der Waals surface area contributed by atoms with Crippen molar-refractivity contribution in [1.82, 2.24) is 0 Å². The molecular weight excluding hydrogens is 158 g/mol. The summed E-state index contributed by atoms with van der Waals surface area (Å²) in [7, 11) is 0. The Kier molecular flexibility index (Phi) is 3.02. The van der Waals surface area contributed by atoms with Crippen molar-refractivity contribution in [1.29, 1.82) is 0 Å². The average Bonchev–Trinajstić information content (AvgIpc) is 2.51. The Morgan fingerprint density at radius 2 is 2.31 bits per heavy atom. The van der Waals surface area contributed by atoms with Crippen molar-refractivity contribution in [2.45, 2.75) is 20.3 Å².